The number of unbranched alkanes of at least 4 members (excludes halogenated alkanes) is 2. The van der Waals surface area contributed by atoms with Gasteiger partial charge in [0.1, 0.15) is 0 Å². The first-order valence-corrected chi connectivity index (χ1v) is 10.6. The highest BCUT2D eigenvalue weighted by atomic mass is 28.4. The summed E-state index contributed by atoms with van der Waals surface area (Å²) < 4.78 is 0. The Hall–Kier alpha value is -1.42. The van der Waals surface area contributed by atoms with Crippen LogP contribution in [0.5, 0.6) is 0 Å². The van der Waals surface area contributed by atoms with E-state index in [9.17, 15) is 9.59 Å². The molecule has 0 unspecified atom stereocenters. The highest BCUT2D eigenvalue weighted by molar-refractivity contribution is 6.90. The van der Waals surface area contributed by atoms with Gasteiger partial charge in [0.15, 0.2) is 0 Å². The van der Waals surface area contributed by atoms with Crippen LogP contribution in [0.25, 0.3) is 0 Å². The summed E-state index contributed by atoms with van der Waals surface area (Å²) in [5, 5.41) is 1.30. The maximum Gasteiger partial charge on any atom is 0.401 e. The van der Waals surface area contributed by atoms with E-state index in [2.05, 4.69) is 13.8 Å². The number of aryl methyl sites for hydroxylation is 2. The molecule has 0 aliphatic carbocycles. The molecule has 0 saturated heterocycles. The standard InChI is InChI=1S/C20H28O2Si/c1-3-5-7-17-9-13-19(14-10-17)23(21,22)20-15-11-18(12-16-20)8-6-4-2/h9-16,21-22H,3-8H2,1-2H3. The van der Waals surface area contributed by atoms with Crippen LogP contribution in [0.4, 0.5) is 0 Å². The molecule has 2 nitrogen and oxygen atoms in total. The van der Waals surface area contributed by atoms with E-state index in [1.54, 1.807) is 0 Å². The zero-order valence-corrected chi connectivity index (χ0v) is 15.3. The predicted molar refractivity (Wildman–Crippen MR) is 99.6 cm³/mol. The van der Waals surface area contributed by atoms with Crippen molar-refractivity contribution in [1.29, 1.82) is 0 Å². The van der Waals surface area contributed by atoms with Gasteiger partial charge in [-0.3, -0.25) is 0 Å². The molecule has 23 heavy (non-hydrogen) atoms. The lowest BCUT2D eigenvalue weighted by molar-refractivity contribution is 0.401. The summed E-state index contributed by atoms with van der Waals surface area (Å²) in [5.74, 6) is 0. The lowest BCUT2D eigenvalue weighted by Gasteiger charge is -2.19. The predicted octanol–water partition coefficient (Wildman–Crippen LogP) is 2.91. The van der Waals surface area contributed by atoms with Crippen LogP contribution in [0.1, 0.15) is 50.7 Å². The number of benzene rings is 2. The maximum atomic E-state index is 10.7. The number of hydrogen-bond donors (Lipinski definition) is 2. The molecule has 0 fully saturated rings. The second kappa shape index (κ2) is 8.43. The third-order valence-corrected chi connectivity index (χ3v) is 6.63. The molecule has 2 N–H and O–H groups in total. The highest BCUT2D eigenvalue weighted by Gasteiger charge is 2.34. The van der Waals surface area contributed by atoms with Gasteiger partial charge in [-0.1, -0.05) is 75.2 Å². The minimum atomic E-state index is -3.56. The average Bonchev–Trinajstić information content (AvgIpc) is 2.59. The van der Waals surface area contributed by atoms with Crippen molar-refractivity contribution in [2.75, 3.05) is 0 Å². The van der Waals surface area contributed by atoms with Crippen LogP contribution in [0.3, 0.4) is 0 Å². The Morgan fingerprint density at radius 1 is 0.652 bits per heavy atom. The smallest absolute Gasteiger partial charge is 0.401 e. The summed E-state index contributed by atoms with van der Waals surface area (Å²) in [5.41, 5.74) is 2.52. The van der Waals surface area contributed by atoms with E-state index in [0.717, 1.165) is 12.8 Å². The normalized spacial score (nSPS) is 11.7. The van der Waals surface area contributed by atoms with E-state index in [1.807, 2.05) is 48.5 Å². The molecule has 0 atom stereocenters. The van der Waals surface area contributed by atoms with Crippen LogP contribution < -0.4 is 10.4 Å². The van der Waals surface area contributed by atoms with Crippen LogP contribution >= 0.6 is 0 Å². The summed E-state index contributed by atoms with van der Waals surface area (Å²) in [4.78, 5) is 21.4. The number of hydrogen-bond acceptors (Lipinski definition) is 2. The second-order valence-electron chi connectivity index (χ2n) is 6.27. The molecule has 0 amide bonds. The van der Waals surface area contributed by atoms with Crippen molar-refractivity contribution in [3.8, 4) is 0 Å². The third kappa shape index (κ3) is 4.77. The molecule has 2 rings (SSSR count). The highest BCUT2D eigenvalue weighted by Crippen LogP contribution is 2.08. The zero-order chi connectivity index (χ0) is 16.7. The van der Waals surface area contributed by atoms with Crippen LogP contribution in [0.2, 0.25) is 0 Å². The van der Waals surface area contributed by atoms with Crippen molar-refractivity contribution in [3.05, 3.63) is 59.7 Å². The SMILES string of the molecule is CCCCc1ccc([Si](O)(O)c2ccc(CCCC)cc2)cc1. The van der Waals surface area contributed by atoms with Gasteiger partial charge in [0.2, 0.25) is 0 Å². The Kier molecular flexibility index (Phi) is 6.57. The average molecular weight is 329 g/mol. The minimum Gasteiger partial charge on any atom is -0.404 e. The lowest BCUT2D eigenvalue weighted by atomic mass is 10.1. The molecule has 124 valence electrons. The first kappa shape index (κ1) is 17.9. The first-order chi connectivity index (χ1) is 11.1. The molecule has 2 aromatic rings. The van der Waals surface area contributed by atoms with Crippen molar-refractivity contribution in [3.63, 3.8) is 0 Å². The molecule has 3 heteroatoms. The largest absolute Gasteiger partial charge is 0.404 e. The van der Waals surface area contributed by atoms with Gasteiger partial charge in [0, 0.05) is 0 Å². The molecule has 0 saturated carbocycles. The molecule has 0 aromatic heterocycles. The lowest BCUT2D eigenvalue weighted by Crippen LogP contribution is -2.59. The van der Waals surface area contributed by atoms with Crippen molar-refractivity contribution >= 4 is 18.9 Å². The molecule has 0 radical (unpaired) electrons. The summed E-state index contributed by atoms with van der Waals surface area (Å²) in [6.07, 6.45) is 6.77. The topological polar surface area (TPSA) is 40.5 Å². The van der Waals surface area contributed by atoms with Gasteiger partial charge in [0.25, 0.3) is 0 Å². The summed E-state index contributed by atoms with van der Waals surface area (Å²) in [7, 11) is -3.56. The Morgan fingerprint density at radius 2 is 1.00 bits per heavy atom. The Bertz CT molecular complexity index is 535. The Morgan fingerprint density at radius 3 is 1.30 bits per heavy atom. The monoisotopic (exact) mass is 328 g/mol. The van der Waals surface area contributed by atoms with Gasteiger partial charge in [-0.05, 0) is 47.2 Å². The van der Waals surface area contributed by atoms with Gasteiger partial charge in [-0.15, -0.1) is 0 Å². The molecule has 2 aromatic carbocycles. The Labute approximate surface area is 141 Å². The van der Waals surface area contributed by atoms with E-state index >= 15 is 0 Å². The molecular weight excluding hydrogens is 300 g/mol. The molecule has 0 heterocycles. The van der Waals surface area contributed by atoms with Gasteiger partial charge < -0.3 is 9.59 Å². The maximum absolute atomic E-state index is 10.7. The van der Waals surface area contributed by atoms with Crippen molar-refractivity contribution in [2.24, 2.45) is 0 Å². The van der Waals surface area contributed by atoms with Gasteiger partial charge in [-0.2, -0.15) is 0 Å². The fraction of sp³-hybridized carbons (Fsp3) is 0.400. The molecular formula is C20H28O2Si. The van der Waals surface area contributed by atoms with Crippen molar-refractivity contribution < 1.29 is 9.59 Å². The van der Waals surface area contributed by atoms with Crippen LogP contribution in [0.15, 0.2) is 48.5 Å². The van der Waals surface area contributed by atoms with Gasteiger partial charge >= 0.3 is 8.56 Å². The van der Waals surface area contributed by atoms with E-state index in [1.165, 1.54) is 36.8 Å². The number of rotatable bonds is 8. The summed E-state index contributed by atoms with van der Waals surface area (Å²) in [6, 6.07) is 15.6. The van der Waals surface area contributed by atoms with E-state index in [0.29, 0.717) is 10.4 Å². The van der Waals surface area contributed by atoms with Crippen molar-refractivity contribution in [1.82, 2.24) is 0 Å². The van der Waals surface area contributed by atoms with Gasteiger partial charge in [0.05, 0.1) is 0 Å². The Balaban J connectivity index is 2.13. The molecule has 0 spiro atoms. The second-order valence-corrected chi connectivity index (χ2v) is 8.77. The van der Waals surface area contributed by atoms with Crippen LogP contribution in [-0.2, 0) is 12.8 Å². The van der Waals surface area contributed by atoms with Crippen LogP contribution in [-0.4, -0.2) is 18.2 Å². The van der Waals surface area contributed by atoms with Gasteiger partial charge in [-0.25, -0.2) is 0 Å². The quantitative estimate of drug-likeness (QED) is 0.732. The fourth-order valence-electron chi connectivity index (χ4n) is 2.74. The molecule has 0 aliphatic rings. The van der Waals surface area contributed by atoms with E-state index < -0.39 is 8.56 Å². The molecule has 0 aliphatic heterocycles. The van der Waals surface area contributed by atoms with E-state index in [4.69, 9.17) is 0 Å². The summed E-state index contributed by atoms with van der Waals surface area (Å²) >= 11 is 0. The summed E-state index contributed by atoms with van der Waals surface area (Å²) in [6.45, 7) is 4.36. The third-order valence-electron chi connectivity index (χ3n) is 4.35. The molecule has 0 bridgehead atoms. The fourth-order valence-corrected chi connectivity index (χ4v) is 4.33. The van der Waals surface area contributed by atoms with E-state index in [-0.39, 0.29) is 0 Å². The van der Waals surface area contributed by atoms with Crippen molar-refractivity contribution in [2.45, 2.75) is 52.4 Å². The minimum absolute atomic E-state index is 0.652. The zero-order valence-electron chi connectivity index (χ0n) is 14.3. The van der Waals surface area contributed by atoms with Crippen LogP contribution in [0, 0.1) is 0 Å². The first-order valence-electron chi connectivity index (χ1n) is 8.71.